The molecule has 2 nitrogen and oxygen atoms in total. The zero-order valence-electron chi connectivity index (χ0n) is 18.5. The maximum absolute atomic E-state index is 6.50. The van der Waals surface area contributed by atoms with Gasteiger partial charge in [-0.1, -0.05) is 0 Å². The van der Waals surface area contributed by atoms with E-state index < -0.39 is 7.26 Å². The summed E-state index contributed by atoms with van der Waals surface area (Å²) in [6.45, 7) is 2.16. The molecule has 0 aliphatic heterocycles. The summed E-state index contributed by atoms with van der Waals surface area (Å²) in [5, 5.41) is 4.81. The number of hydrogen-bond donors (Lipinski definition) is 0. The SMILES string of the molecule is CCSc1oc(-c2ccccc2)nc1[PH](c1ccccc1)(c1ccccc1)c1ccccc1. The monoisotopic (exact) mass is 467 g/mol. The Morgan fingerprint density at radius 1 is 0.636 bits per heavy atom. The Labute approximate surface area is 200 Å². The molecule has 1 heterocycles. The first-order valence-electron chi connectivity index (χ1n) is 11.2. The molecule has 0 atom stereocenters. The summed E-state index contributed by atoms with van der Waals surface area (Å²) in [7, 11) is -2.72. The van der Waals surface area contributed by atoms with Crippen molar-refractivity contribution in [2.45, 2.75) is 12.0 Å². The molecule has 0 amide bonds. The van der Waals surface area contributed by atoms with Crippen molar-refractivity contribution in [3.05, 3.63) is 121 Å². The first kappa shape index (κ1) is 21.7. The Morgan fingerprint density at radius 3 is 1.48 bits per heavy atom. The zero-order chi connectivity index (χ0) is 22.5. The van der Waals surface area contributed by atoms with Gasteiger partial charge < -0.3 is 0 Å². The van der Waals surface area contributed by atoms with Gasteiger partial charge in [-0.15, -0.1) is 0 Å². The van der Waals surface area contributed by atoms with Gasteiger partial charge in [-0.05, 0) is 0 Å². The van der Waals surface area contributed by atoms with Crippen LogP contribution in [0.15, 0.2) is 131 Å². The van der Waals surface area contributed by atoms with Gasteiger partial charge in [0.2, 0.25) is 0 Å². The molecule has 0 aliphatic rings. The molecule has 0 bridgehead atoms. The van der Waals surface area contributed by atoms with Crippen molar-refractivity contribution in [2.75, 3.05) is 5.75 Å². The second-order valence-corrected chi connectivity index (χ2v) is 12.7. The van der Waals surface area contributed by atoms with Gasteiger partial charge in [0, 0.05) is 0 Å². The molecular formula is C29H26NOPS. The van der Waals surface area contributed by atoms with E-state index in [0.717, 1.165) is 21.8 Å². The van der Waals surface area contributed by atoms with Gasteiger partial charge in [-0.25, -0.2) is 0 Å². The summed E-state index contributed by atoms with van der Waals surface area (Å²) in [5.41, 5.74) is 2.07. The Hall–Kier alpha value is -3.13. The van der Waals surface area contributed by atoms with Crippen LogP contribution in [0.25, 0.3) is 11.5 Å². The van der Waals surface area contributed by atoms with E-state index in [1.165, 1.54) is 15.9 Å². The van der Waals surface area contributed by atoms with Gasteiger partial charge in [-0.2, -0.15) is 0 Å². The molecule has 4 aromatic carbocycles. The Balaban J connectivity index is 1.89. The molecule has 164 valence electrons. The number of aromatic nitrogens is 1. The summed E-state index contributed by atoms with van der Waals surface area (Å²) in [5.74, 6) is 1.60. The van der Waals surface area contributed by atoms with E-state index in [1.54, 1.807) is 11.8 Å². The third kappa shape index (κ3) is 4.04. The minimum absolute atomic E-state index is 0.682. The number of thioether (sulfide) groups is 1. The molecule has 0 fully saturated rings. The van der Waals surface area contributed by atoms with E-state index in [0.29, 0.717) is 5.89 Å². The van der Waals surface area contributed by atoms with Crippen molar-refractivity contribution in [3.63, 3.8) is 0 Å². The summed E-state index contributed by atoms with van der Waals surface area (Å²) >= 11 is 1.73. The standard InChI is InChI=1S/C29H26NOPS/c1-2-33-29-28(30-27(31-29)23-15-7-3-8-16-23)32(24-17-9-4-10-18-24,25-19-11-5-12-20-25)26-21-13-6-14-22-26/h3-22,32H,2H2,1H3. The van der Waals surface area contributed by atoms with Crippen molar-refractivity contribution >= 4 is 40.4 Å². The molecule has 0 N–H and O–H groups in total. The van der Waals surface area contributed by atoms with Crippen LogP contribution in [0.4, 0.5) is 0 Å². The van der Waals surface area contributed by atoms with Crippen molar-refractivity contribution in [2.24, 2.45) is 0 Å². The first-order chi connectivity index (χ1) is 16.3. The molecule has 5 rings (SSSR count). The van der Waals surface area contributed by atoms with Crippen LogP contribution in [0.5, 0.6) is 0 Å². The van der Waals surface area contributed by atoms with Crippen molar-refractivity contribution in [3.8, 4) is 11.5 Å². The van der Waals surface area contributed by atoms with Crippen LogP contribution in [-0.4, -0.2) is 10.7 Å². The topological polar surface area (TPSA) is 26.0 Å². The molecule has 4 heteroatoms. The van der Waals surface area contributed by atoms with Crippen molar-refractivity contribution in [1.29, 1.82) is 0 Å². The fraction of sp³-hybridized carbons (Fsp3) is 0.0690. The number of nitrogens with zero attached hydrogens (tertiary/aromatic N) is 1. The van der Waals surface area contributed by atoms with E-state index in [1.807, 2.05) is 18.2 Å². The van der Waals surface area contributed by atoms with Gasteiger partial charge in [-0.3, -0.25) is 0 Å². The van der Waals surface area contributed by atoms with Crippen LogP contribution in [0.3, 0.4) is 0 Å². The fourth-order valence-electron chi connectivity index (χ4n) is 4.45. The zero-order valence-corrected chi connectivity index (χ0v) is 20.3. The van der Waals surface area contributed by atoms with Crippen LogP contribution < -0.4 is 21.3 Å². The van der Waals surface area contributed by atoms with Crippen molar-refractivity contribution < 1.29 is 4.42 Å². The molecule has 5 aromatic rings. The Kier molecular flexibility index (Phi) is 6.44. The Morgan fingerprint density at radius 2 is 1.06 bits per heavy atom. The average molecular weight is 468 g/mol. The summed E-state index contributed by atoms with van der Waals surface area (Å²) in [6.07, 6.45) is 0. The van der Waals surface area contributed by atoms with Crippen LogP contribution in [-0.2, 0) is 0 Å². The number of rotatable bonds is 7. The minimum atomic E-state index is -2.72. The molecule has 0 saturated heterocycles. The number of hydrogen-bond acceptors (Lipinski definition) is 3. The maximum atomic E-state index is 6.50. The second kappa shape index (κ2) is 9.79. The summed E-state index contributed by atoms with van der Waals surface area (Å²) in [4.78, 5) is 5.27. The predicted molar refractivity (Wildman–Crippen MR) is 145 cm³/mol. The average Bonchev–Trinajstić information content (AvgIpc) is 3.31. The molecule has 0 unspecified atom stereocenters. The van der Waals surface area contributed by atoms with Crippen LogP contribution in [0.2, 0.25) is 0 Å². The van der Waals surface area contributed by atoms with E-state index in [4.69, 9.17) is 9.40 Å². The van der Waals surface area contributed by atoms with Gasteiger partial charge >= 0.3 is 200 Å². The molecule has 0 saturated carbocycles. The summed E-state index contributed by atoms with van der Waals surface area (Å²) in [6, 6.07) is 42.8. The first-order valence-corrected chi connectivity index (χ1v) is 14.2. The molecular weight excluding hydrogens is 441 g/mol. The predicted octanol–water partition coefficient (Wildman–Crippen LogP) is 5.81. The van der Waals surface area contributed by atoms with Crippen LogP contribution in [0.1, 0.15) is 6.92 Å². The molecule has 33 heavy (non-hydrogen) atoms. The van der Waals surface area contributed by atoms with E-state index in [2.05, 4.69) is 110 Å². The third-order valence-corrected chi connectivity index (χ3v) is 11.5. The van der Waals surface area contributed by atoms with E-state index >= 15 is 0 Å². The van der Waals surface area contributed by atoms with Gasteiger partial charge in [0.1, 0.15) is 0 Å². The third-order valence-electron chi connectivity index (χ3n) is 5.87. The summed E-state index contributed by atoms with van der Waals surface area (Å²) < 4.78 is 6.50. The van der Waals surface area contributed by atoms with E-state index in [-0.39, 0.29) is 0 Å². The van der Waals surface area contributed by atoms with Crippen molar-refractivity contribution in [1.82, 2.24) is 4.98 Å². The molecule has 0 aliphatic carbocycles. The van der Waals surface area contributed by atoms with Crippen LogP contribution in [0, 0.1) is 0 Å². The fourth-order valence-corrected chi connectivity index (χ4v) is 10.2. The van der Waals surface area contributed by atoms with Crippen LogP contribution >= 0.6 is 19.0 Å². The van der Waals surface area contributed by atoms with E-state index in [9.17, 15) is 0 Å². The quantitative estimate of drug-likeness (QED) is 0.223. The molecule has 0 radical (unpaired) electrons. The molecule has 0 spiro atoms. The van der Waals surface area contributed by atoms with Gasteiger partial charge in [0.05, 0.1) is 0 Å². The second-order valence-electron chi connectivity index (χ2n) is 7.80. The number of benzene rings is 4. The molecule has 1 aromatic heterocycles. The normalized spacial score (nSPS) is 11.9. The van der Waals surface area contributed by atoms with Gasteiger partial charge in [0.25, 0.3) is 0 Å². The van der Waals surface area contributed by atoms with Gasteiger partial charge in [0.15, 0.2) is 0 Å². The number of oxazole rings is 1. The Bertz CT molecular complexity index is 1210.